The van der Waals surface area contributed by atoms with Crippen LogP contribution in [0.15, 0.2) is 23.2 Å². The Hall–Kier alpha value is -2.15. The molecule has 2 fully saturated rings. The summed E-state index contributed by atoms with van der Waals surface area (Å²) in [6.07, 6.45) is 7.60. The van der Waals surface area contributed by atoms with E-state index in [2.05, 4.69) is 44.5 Å². The summed E-state index contributed by atoms with van der Waals surface area (Å²) >= 11 is 0. The number of hydrogen-bond donors (Lipinski definition) is 2. The van der Waals surface area contributed by atoms with Gasteiger partial charge in [-0.05, 0) is 52.1 Å². The lowest BCUT2D eigenvalue weighted by atomic mass is 10.0. The van der Waals surface area contributed by atoms with Crippen LogP contribution in [-0.2, 0) is 0 Å². The van der Waals surface area contributed by atoms with E-state index < -0.39 is 0 Å². The van der Waals surface area contributed by atoms with Crippen molar-refractivity contribution < 1.29 is 9.47 Å². The van der Waals surface area contributed by atoms with Gasteiger partial charge in [0.25, 0.3) is 0 Å². The molecule has 0 bridgehead atoms. The van der Waals surface area contributed by atoms with Crippen LogP contribution in [0.3, 0.4) is 0 Å². The van der Waals surface area contributed by atoms with E-state index >= 15 is 0 Å². The molecule has 1 aromatic carbocycles. The standard InChI is InChI=1S/C24H41N5O2/c1-19-9-5-7-12-28(19)13-8-6-11-26-24(25-2)27-20-10-14-29(18-20)21-15-22(30-3)17-23(16-21)31-4/h15-17,19-20H,5-14,18H2,1-4H3,(H2,25,26,27). The predicted molar refractivity (Wildman–Crippen MR) is 129 cm³/mol. The van der Waals surface area contributed by atoms with Crippen molar-refractivity contribution in [1.82, 2.24) is 15.5 Å². The predicted octanol–water partition coefficient (Wildman–Crippen LogP) is 3.10. The highest BCUT2D eigenvalue weighted by molar-refractivity contribution is 5.80. The van der Waals surface area contributed by atoms with Gasteiger partial charge in [-0.1, -0.05) is 6.42 Å². The SMILES string of the molecule is CN=C(NCCCCN1CCCCC1C)NC1CCN(c2cc(OC)cc(OC)c2)C1. The summed E-state index contributed by atoms with van der Waals surface area (Å²) in [5, 5.41) is 7.09. The summed E-state index contributed by atoms with van der Waals surface area (Å²) in [4.78, 5) is 9.45. The van der Waals surface area contributed by atoms with Crippen molar-refractivity contribution in [2.24, 2.45) is 4.99 Å². The summed E-state index contributed by atoms with van der Waals surface area (Å²) in [5.74, 6) is 2.55. The fourth-order valence-corrected chi connectivity index (χ4v) is 4.61. The Morgan fingerprint density at radius 3 is 2.52 bits per heavy atom. The van der Waals surface area contributed by atoms with E-state index in [0.29, 0.717) is 6.04 Å². The van der Waals surface area contributed by atoms with Gasteiger partial charge >= 0.3 is 0 Å². The van der Waals surface area contributed by atoms with E-state index in [1.165, 1.54) is 45.2 Å². The summed E-state index contributed by atoms with van der Waals surface area (Å²) in [7, 11) is 5.23. The van der Waals surface area contributed by atoms with E-state index in [1.807, 2.05) is 13.1 Å². The molecule has 0 amide bonds. The van der Waals surface area contributed by atoms with Crippen molar-refractivity contribution in [1.29, 1.82) is 0 Å². The molecule has 2 aliphatic rings. The Balaban J connectivity index is 1.39. The van der Waals surface area contributed by atoms with Crippen LogP contribution in [0, 0.1) is 0 Å². The van der Waals surface area contributed by atoms with Gasteiger partial charge in [0, 0.05) is 62.7 Å². The number of ether oxygens (including phenoxy) is 2. The molecule has 7 heteroatoms. The second-order valence-electron chi connectivity index (χ2n) is 8.73. The number of likely N-dealkylation sites (tertiary alicyclic amines) is 1. The number of guanidine groups is 1. The fourth-order valence-electron chi connectivity index (χ4n) is 4.61. The Morgan fingerprint density at radius 1 is 1.06 bits per heavy atom. The van der Waals surface area contributed by atoms with Gasteiger partial charge in [0.05, 0.1) is 14.2 Å². The normalized spacial score (nSPS) is 22.5. The first-order valence-electron chi connectivity index (χ1n) is 11.8. The first kappa shape index (κ1) is 23.5. The zero-order chi connectivity index (χ0) is 22.1. The third-order valence-corrected chi connectivity index (χ3v) is 6.56. The maximum absolute atomic E-state index is 5.42. The molecule has 0 aliphatic carbocycles. The third-order valence-electron chi connectivity index (χ3n) is 6.56. The molecule has 2 unspecified atom stereocenters. The molecule has 2 heterocycles. The molecule has 0 radical (unpaired) electrons. The third kappa shape index (κ3) is 6.92. The molecule has 0 aromatic heterocycles. The Labute approximate surface area is 188 Å². The van der Waals surface area contributed by atoms with Crippen molar-refractivity contribution >= 4 is 11.6 Å². The van der Waals surface area contributed by atoms with Gasteiger partial charge in [0.2, 0.25) is 0 Å². The van der Waals surface area contributed by atoms with Crippen LogP contribution >= 0.6 is 0 Å². The van der Waals surface area contributed by atoms with E-state index in [4.69, 9.17) is 9.47 Å². The number of nitrogens with one attached hydrogen (secondary N) is 2. The van der Waals surface area contributed by atoms with Gasteiger partial charge in [-0.2, -0.15) is 0 Å². The molecule has 0 saturated carbocycles. The minimum atomic E-state index is 0.373. The summed E-state index contributed by atoms with van der Waals surface area (Å²) in [6.45, 7) is 7.76. The van der Waals surface area contributed by atoms with Crippen LogP contribution in [-0.4, -0.2) is 76.9 Å². The molecule has 174 valence electrons. The minimum absolute atomic E-state index is 0.373. The molecule has 2 saturated heterocycles. The van der Waals surface area contributed by atoms with Crippen LogP contribution < -0.4 is 25.0 Å². The monoisotopic (exact) mass is 431 g/mol. The zero-order valence-corrected chi connectivity index (χ0v) is 19.8. The van der Waals surface area contributed by atoms with E-state index in [9.17, 15) is 0 Å². The summed E-state index contributed by atoms with van der Waals surface area (Å²) in [6, 6.07) is 7.18. The highest BCUT2D eigenvalue weighted by Crippen LogP contribution is 2.30. The summed E-state index contributed by atoms with van der Waals surface area (Å²) < 4.78 is 10.8. The topological polar surface area (TPSA) is 61.4 Å². The molecular weight excluding hydrogens is 390 g/mol. The van der Waals surface area contributed by atoms with Crippen molar-refractivity contribution in [2.45, 2.75) is 57.5 Å². The van der Waals surface area contributed by atoms with Crippen molar-refractivity contribution in [3.05, 3.63) is 18.2 Å². The lowest BCUT2D eigenvalue weighted by molar-refractivity contribution is 0.158. The van der Waals surface area contributed by atoms with Crippen LogP contribution in [0.1, 0.15) is 45.4 Å². The number of methoxy groups -OCH3 is 2. The first-order chi connectivity index (χ1) is 15.1. The quantitative estimate of drug-likeness (QED) is 0.356. The van der Waals surface area contributed by atoms with E-state index in [1.54, 1.807) is 14.2 Å². The molecular formula is C24H41N5O2. The largest absolute Gasteiger partial charge is 0.497 e. The van der Waals surface area contributed by atoms with Gasteiger partial charge in [-0.3, -0.25) is 4.99 Å². The highest BCUT2D eigenvalue weighted by atomic mass is 16.5. The number of piperidine rings is 1. The van der Waals surface area contributed by atoms with E-state index in [-0.39, 0.29) is 0 Å². The average molecular weight is 432 g/mol. The lowest BCUT2D eigenvalue weighted by Crippen LogP contribution is -2.45. The van der Waals surface area contributed by atoms with Crippen LogP contribution in [0.2, 0.25) is 0 Å². The number of rotatable bonds is 9. The van der Waals surface area contributed by atoms with Crippen molar-refractivity contribution in [3.8, 4) is 11.5 Å². The van der Waals surface area contributed by atoms with Gasteiger partial charge in [0.15, 0.2) is 5.96 Å². The first-order valence-corrected chi connectivity index (χ1v) is 11.8. The van der Waals surface area contributed by atoms with Gasteiger partial charge in [-0.25, -0.2) is 0 Å². The lowest BCUT2D eigenvalue weighted by Gasteiger charge is -2.33. The number of hydrogen-bond acceptors (Lipinski definition) is 5. The Bertz CT molecular complexity index is 689. The molecule has 3 rings (SSSR count). The molecule has 2 atom stereocenters. The summed E-state index contributed by atoms with van der Waals surface area (Å²) in [5.41, 5.74) is 1.13. The number of benzene rings is 1. The fraction of sp³-hybridized carbons (Fsp3) is 0.708. The molecule has 1 aromatic rings. The molecule has 2 N–H and O–H groups in total. The molecule has 7 nitrogen and oxygen atoms in total. The van der Waals surface area contributed by atoms with E-state index in [0.717, 1.165) is 55.2 Å². The number of nitrogens with zero attached hydrogens (tertiary/aromatic N) is 3. The van der Waals surface area contributed by atoms with Crippen molar-refractivity contribution in [2.75, 3.05) is 58.9 Å². The van der Waals surface area contributed by atoms with Gasteiger partial charge < -0.3 is 29.9 Å². The van der Waals surface area contributed by atoms with Crippen LogP contribution in [0.4, 0.5) is 5.69 Å². The van der Waals surface area contributed by atoms with Crippen LogP contribution in [0.5, 0.6) is 11.5 Å². The second-order valence-corrected chi connectivity index (χ2v) is 8.73. The highest BCUT2D eigenvalue weighted by Gasteiger charge is 2.24. The number of unbranched alkanes of at least 4 members (excludes halogenated alkanes) is 1. The maximum atomic E-state index is 5.42. The van der Waals surface area contributed by atoms with Gasteiger partial charge in [0.1, 0.15) is 11.5 Å². The average Bonchev–Trinajstić information content (AvgIpc) is 3.27. The van der Waals surface area contributed by atoms with Crippen molar-refractivity contribution in [3.63, 3.8) is 0 Å². The molecule has 2 aliphatic heterocycles. The number of anilines is 1. The van der Waals surface area contributed by atoms with Crippen LogP contribution in [0.25, 0.3) is 0 Å². The molecule has 31 heavy (non-hydrogen) atoms. The Morgan fingerprint density at radius 2 is 1.84 bits per heavy atom. The minimum Gasteiger partial charge on any atom is -0.497 e. The molecule has 0 spiro atoms. The Kier molecular flexibility index (Phi) is 9.13. The maximum Gasteiger partial charge on any atom is 0.191 e. The smallest absolute Gasteiger partial charge is 0.191 e. The second kappa shape index (κ2) is 12.0. The number of aliphatic imine (C=N–C) groups is 1. The zero-order valence-electron chi connectivity index (χ0n) is 19.8. The van der Waals surface area contributed by atoms with Gasteiger partial charge in [-0.15, -0.1) is 0 Å².